The summed E-state index contributed by atoms with van der Waals surface area (Å²) >= 11 is 0. The lowest BCUT2D eigenvalue weighted by atomic mass is 9.77. The van der Waals surface area contributed by atoms with Gasteiger partial charge in [0.25, 0.3) is 0 Å². The van der Waals surface area contributed by atoms with E-state index in [2.05, 4.69) is 0 Å². The van der Waals surface area contributed by atoms with E-state index < -0.39 is 11.4 Å². The molecular formula is C15H18O4. The van der Waals surface area contributed by atoms with Crippen molar-refractivity contribution >= 4 is 5.78 Å². The van der Waals surface area contributed by atoms with Crippen LogP contribution in [-0.2, 0) is 9.47 Å². The van der Waals surface area contributed by atoms with Gasteiger partial charge < -0.3 is 14.6 Å². The molecule has 2 aliphatic rings. The summed E-state index contributed by atoms with van der Waals surface area (Å²) < 4.78 is 11.2. The van der Waals surface area contributed by atoms with E-state index in [0.717, 1.165) is 0 Å². The van der Waals surface area contributed by atoms with Crippen LogP contribution in [0.2, 0.25) is 0 Å². The molecule has 1 saturated carbocycles. The van der Waals surface area contributed by atoms with E-state index in [9.17, 15) is 9.90 Å². The highest BCUT2D eigenvalue weighted by Gasteiger charge is 2.48. The highest BCUT2D eigenvalue weighted by Crippen LogP contribution is 2.41. The number of carbonyl (C=O) groups excluding carboxylic acids is 1. The Morgan fingerprint density at radius 3 is 2.16 bits per heavy atom. The number of aliphatic hydroxyl groups is 1. The zero-order valence-electron chi connectivity index (χ0n) is 10.8. The second-order valence-electron chi connectivity index (χ2n) is 5.33. The Morgan fingerprint density at radius 1 is 1.00 bits per heavy atom. The van der Waals surface area contributed by atoms with E-state index in [-0.39, 0.29) is 5.78 Å². The van der Waals surface area contributed by atoms with E-state index in [0.29, 0.717) is 44.5 Å². The summed E-state index contributed by atoms with van der Waals surface area (Å²) in [6.45, 7) is 1.20. The SMILES string of the molecule is O=C(c1ccccc1)C1(O)CCC2(CC1)OCCO2. The van der Waals surface area contributed by atoms with Gasteiger partial charge in [-0.2, -0.15) is 0 Å². The van der Waals surface area contributed by atoms with E-state index in [4.69, 9.17) is 9.47 Å². The van der Waals surface area contributed by atoms with Crippen molar-refractivity contribution in [3.63, 3.8) is 0 Å². The molecule has 1 aliphatic carbocycles. The molecule has 4 nitrogen and oxygen atoms in total. The Morgan fingerprint density at radius 2 is 1.58 bits per heavy atom. The minimum absolute atomic E-state index is 0.194. The van der Waals surface area contributed by atoms with Crippen LogP contribution in [0.1, 0.15) is 36.0 Å². The van der Waals surface area contributed by atoms with Crippen LogP contribution in [0, 0.1) is 0 Å². The number of Topliss-reactive ketones (excluding diaryl/α,β-unsaturated/α-hetero) is 1. The first-order valence-electron chi connectivity index (χ1n) is 6.74. The predicted octanol–water partition coefficient (Wildman–Crippen LogP) is 1.92. The standard InChI is InChI=1S/C15H18O4/c16-13(12-4-2-1-3-5-12)14(17)6-8-15(9-7-14)18-10-11-19-15/h1-5,17H,6-11H2. The number of rotatable bonds is 2. The minimum atomic E-state index is -1.28. The third-order valence-corrected chi connectivity index (χ3v) is 4.11. The van der Waals surface area contributed by atoms with Gasteiger partial charge in [0.2, 0.25) is 0 Å². The molecule has 102 valence electrons. The summed E-state index contributed by atoms with van der Waals surface area (Å²) in [5.74, 6) is -0.746. The molecule has 2 fully saturated rings. The summed E-state index contributed by atoms with van der Waals surface area (Å²) in [6.07, 6.45) is 1.92. The lowest BCUT2D eigenvalue weighted by molar-refractivity contribution is -0.195. The molecule has 19 heavy (non-hydrogen) atoms. The second-order valence-corrected chi connectivity index (χ2v) is 5.33. The van der Waals surface area contributed by atoms with Crippen LogP contribution in [0.3, 0.4) is 0 Å². The van der Waals surface area contributed by atoms with Crippen molar-refractivity contribution in [3.05, 3.63) is 35.9 Å². The van der Waals surface area contributed by atoms with E-state index in [1.807, 2.05) is 18.2 Å². The van der Waals surface area contributed by atoms with Crippen molar-refractivity contribution in [2.24, 2.45) is 0 Å². The largest absolute Gasteiger partial charge is 0.382 e. The summed E-state index contributed by atoms with van der Waals surface area (Å²) in [5, 5.41) is 10.6. The molecule has 1 heterocycles. The average molecular weight is 262 g/mol. The Labute approximate surface area is 112 Å². The van der Waals surface area contributed by atoms with Gasteiger partial charge in [0.1, 0.15) is 5.60 Å². The number of carbonyl (C=O) groups is 1. The monoisotopic (exact) mass is 262 g/mol. The number of hydrogen-bond acceptors (Lipinski definition) is 4. The number of hydrogen-bond donors (Lipinski definition) is 1. The van der Waals surface area contributed by atoms with Gasteiger partial charge in [-0.3, -0.25) is 4.79 Å². The van der Waals surface area contributed by atoms with E-state index in [1.54, 1.807) is 12.1 Å². The lowest BCUT2D eigenvalue weighted by Crippen LogP contribution is -2.48. The van der Waals surface area contributed by atoms with Gasteiger partial charge in [-0.05, 0) is 12.8 Å². The fraction of sp³-hybridized carbons (Fsp3) is 0.533. The van der Waals surface area contributed by atoms with Crippen molar-refractivity contribution in [3.8, 4) is 0 Å². The van der Waals surface area contributed by atoms with Crippen LogP contribution in [0.5, 0.6) is 0 Å². The first kappa shape index (κ1) is 12.8. The molecule has 3 rings (SSSR count). The van der Waals surface area contributed by atoms with Gasteiger partial charge in [0, 0.05) is 18.4 Å². The van der Waals surface area contributed by atoms with Crippen LogP contribution >= 0.6 is 0 Å². The molecule has 1 aliphatic heterocycles. The lowest BCUT2D eigenvalue weighted by Gasteiger charge is -2.39. The number of ketones is 1. The van der Waals surface area contributed by atoms with Gasteiger partial charge in [0.15, 0.2) is 11.6 Å². The fourth-order valence-corrected chi connectivity index (χ4v) is 2.92. The first-order chi connectivity index (χ1) is 9.14. The van der Waals surface area contributed by atoms with Crippen LogP contribution in [-0.4, -0.2) is 35.5 Å². The van der Waals surface area contributed by atoms with Crippen molar-refractivity contribution < 1.29 is 19.4 Å². The fourth-order valence-electron chi connectivity index (χ4n) is 2.92. The van der Waals surface area contributed by atoms with Crippen LogP contribution in [0.4, 0.5) is 0 Å². The second kappa shape index (κ2) is 4.71. The van der Waals surface area contributed by atoms with Crippen molar-refractivity contribution in [2.45, 2.75) is 37.1 Å². The molecule has 0 radical (unpaired) electrons. The molecule has 0 aromatic heterocycles. The highest BCUT2D eigenvalue weighted by molar-refractivity contribution is 6.02. The maximum Gasteiger partial charge on any atom is 0.194 e. The summed E-state index contributed by atoms with van der Waals surface area (Å²) in [7, 11) is 0. The number of benzene rings is 1. The summed E-state index contributed by atoms with van der Waals surface area (Å²) in [4.78, 5) is 12.4. The maximum absolute atomic E-state index is 12.4. The van der Waals surface area contributed by atoms with Gasteiger partial charge in [-0.25, -0.2) is 0 Å². The summed E-state index contributed by atoms with van der Waals surface area (Å²) in [5.41, 5.74) is -0.712. The molecule has 1 aromatic carbocycles. The molecule has 1 aromatic rings. The minimum Gasteiger partial charge on any atom is -0.382 e. The first-order valence-corrected chi connectivity index (χ1v) is 6.74. The Kier molecular flexibility index (Phi) is 3.17. The van der Waals surface area contributed by atoms with Gasteiger partial charge >= 0.3 is 0 Å². The maximum atomic E-state index is 12.4. The van der Waals surface area contributed by atoms with Crippen molar-refractivity contribution in [1.29, 1.82) is 0 Å². The molecule has 1 saturated heterocycles. The topological polar surface area (TPSA) is 55.8 Å². The molecule has 0 unspecified atom stereocenters. The zero-order valence-corrected chi connectivity index (χ0v) is 10.8. The van der Waals surface area contributed by atoms with Gasteiger partial charge in [0.05, 0.1) is 13.2 Å². The Bertz CT molecular complexity index is 452. The molecular weight excluding hydrogens is 244 g/mol. The zero-order chi connectivity index (χ0) is 13.3. The Balaban J connectivity index is 1.73. The molecule has 0 amide bonds. The van der Waals surface area contributed by atoms with Crippen LogP contribution in [0.15, 0.2) is 30.3 Å². The molecule has 4 heteroatoms. The van der Waals surface area contributed by atoms with E-state index >= 15 is 0 Å². The molecule has 0 bridgehead atoms. The van der Waals surface area contributed by atoms with Gasteiger partial charge in [-0.15, -0.1) is 0 Å². The highest BCUT2D eigenvalue weighted by atomic mass is 16.7. The third kappa shape index (κ3) is 2.31. The molecule has 1 N–H and O–H groups in total. The quantitative estimate of drug-likeness (QED) is 0.827. The van der Waals surface area contributed by atoms with Crippen LogP contribution < -0.4 is 0 Å². The normalized spacial score (nSPS) is 24.5. The average Bonchev–Trinajstić information content (AvgIpc) is 2.92. The number of ether oxygens (including phenoxy) is 2. The smallest absolute Gasteiger partial charge is 0.194 e. The van der Waals surface area contributed by atoms with Crippen LogP contribution in [0.25, 0.3) is 0 Å². The third-order valence-electron chi connectivity index (χ3n) is 4.11. The summed E-state index contributed by atoms with van der Waals surface area (Å²) in [6, 6.07) is 8.96. The van der Waals surface area contributed by atoms with Gasteiger partial charge in [-0.1, -0.05) is 30.3 Å². The van der Waals surface area contributed by atoms with E-state index in [1.165, 1.54) is 0 Å². The van der Waals surface area contributed by atoms with Crippen molar-refractivity contribution in [2.75, 3.05) is 13.2 Å². The predicted molar refractivity (Wildman–Crippen MR) is 68.8 cm³/mol. The molecule has 0 atom stereocenters. The van der Waals surface area contributed by atoms with Crippen molar-refractivity contribution in [1.82, 2.24) is 0 Å². The Hall–Kier alpha value is -1.23. The molecule has 1 spiro atoms.